The van der Waals surface area contributed by atoms with Gasteiger partial charge in [0, 0.05) is 6.54 Å². The smallest absolute Gasteiger partial charge is 0.321 e. The van der Waals surface area contributed by atoms with E-state index >= 15 is 0 Å². The largest absolute Gasteiger partial charge is 0.497 e. The molecule has 0 spiro atoms. The van der Waals surface area contributed by atoms with Crippen LogP contribution in [-0.2, 0) is 4.79 Å². The summed E-state index contributed by atoms with van der Waals surface area (Å²) in [6.07, 6.45) is 0. The highest BCUT2D eigenvalue weighted by Gasteiger charge is 2.21. The average Bonchev–Trinajstić information content (AvgIpc) is 3.08. The quantitative estimate of drug-likeness (QED) is 0.705. The van der Waals surface area contributed by atoms with E-state index in [4.69, 9.17) is 4.74 Å². The zero-order chi connectivity index (χ0) is 19.1. The number of nitrogens with zero attached hydrogens (tertiary/aromatic N) is 4. The molecule has 0 saturated carbocycles. The molecule has 2 N–H and O–H groups in total. The molecule has 1 atom stereocenters. The Balaban J connectivity index is 1.99. The van der Waals surface area contributed by atoms with Crippen molar-refractivity contribution in [2.45, 2.75) is 31.2 Å². The van der Waals surface area contributed by atoms with Crippen molar-refractivity contribution >= 4 is 23.7 Å². The maximum Gasteiger partial charge on any atom is 0.321 e. The second-order valence-electron chi connectivity index (χ2n) is 5.92. The molecule has 2 aromatic rings. The fourth-order valence-electron chi connectivity index (χ4n) is 1.90. The molecule has 0 saturated heterocycles. The standard InChI is InChI=1S/C16H22N6O3S/c1-10(2)9-17-15(24)18-14(23)11(3)26-16-19-20-21-22(16)12-5-7-13(25-4)8-6-12/h5-8,10-11H,9H2,1-4H3,(H2,17,18,23,24). The molecule has 0 aliphatic carbocycles. The van der Waals surface area contributed by atoms with Crippen molar-refractivity contribution in [2.24, 2.45) is 5.92 Å². The van der Waals surface area contributed by atoms with Crippen molar-refractivity contribution in [3.8, 4) is 11.4 Å². The molecule has 0 aliphatic heterocycles. The number of rotatable bonds is 7. The molecule has 1 unspecified atom stereocenters. The van der Waals surface area contributed by atoms with Crippen LogP contribution in [0, 0.1) is 5.92 Å². The molecule has 0 radical (unpaired) electrons. The summed E-state index contributed by atoms with van der Waals surface area (Å²) in [6.45, 7) is 6.12. The number of methoxy groups -OCH3 is 1. The molecule has 0 fully saturated rings. The number of thioether (sulfide) groups is 1. The van der Waals surface area contributed by atoms with E-state index in [0.29, 0.717) is 17.6 Å². The van der Waals surface area contributed by atoms with Gasteiger partial charge in [0.2, 0.25) is 11.1 Å². The number of aromatic nitrogens is 4. The Morgan fingerprint density at radius 1 is 1.23 bits per heavy atom. The SMILES string of the molecule is COc1ccc(-n2nnnc2SC(C)C(=O)NC(=O)NCC(C)C)cc1. The van der Waals surface area contributed by atoms with Crippen molar-refractivity contribution in [2.75, 3.05) is 13.7 Å². The van der Waals surface area contributed by atoms with Gasteiger partial charge in [-0.3, -0.25) is 10.1 Å². The summed E-state index contributed by atoms with van der Waals surface area (Å²) in [5.74, 6) is 0.605. The number of tetrazole rings is 1. The van der Waals surface area contributed by atoms with Gasteiger partial charge in [-0.05, 0) is 47.5 Å². The lowest BCUT2D eigenvalue weighted by molar-refractivity contribution is -0.119. The van der Waals surface area contributed by atoms with E-state index in [-0.39, 0.29) is 0 Å². The number of imide groups is 1. The Hall–Kier alpha value is -2.62. The van der Waals surface area contributed by atoms with Crippen LogP contribution < -0.4 is 15.4 Å². The van der Waals surface area contributed by atoms with Gasteiger partial charge < -0.3 is 10.1 Å². The van der Waals surface area contributed by atoms with Gasteiger partial charge in [0.25, 0.3) is 0 Å². The monoisotopic (exact) mass is 378 g/mol. The fourth-order valence-corrected chi connectivity index (χ4v) is 2.71. The summed E-state index contributed by atoms with van der Waals surface area (Å²) in [6, 6.07) is 6.69. The molecule has 10 heteroatoms. The van der Waals surface area contributed by atoms with Gasteiger partial charge in [0.1, 0.15) is 5.75 Å². The van der Waals surface area contributed by atoms with Crippen molar-refractivity contribution < 1.29 is 14.3 Å². The number of hydrogen-bond acceptors (Lipinski definition) is 7. The zero-order valence-corrected chi connectivity index (χ0v) is 15.9. The molecule has 3 amide bonds. The van der Waals surface area contributed by atoms with Crippen LogP contribution >= 0.6 is 11.8 Å². The lowest BCUT2D eigenvalue weighted by Gasteiger charge is -2.12. The number of amides is 3. The second-order valence-corrected chi connectivity index (χ2v) is 7.23. The van der Waals surface area contributed by atoms with Crippen LogP contribution in [0.4, 0.5) is 4.79 Å². The maximum atomic E-state index is 12.2. The van der Waals surface area contributed by atoms with E-state index in [9.17, 15) is 9.59 Å². The first kappa shape index (κ1) is 19.7. The number of hydrogen-bond donors (Lipinski definition) is 2. The second kappa shape index (κ2) is 9.18. The highest BCUT2D eigenvalue weighted by atomic mass is 32.2. The van der Waals surface area contributed by atoms with Gasteiger partial charge in [-0.1, -0.05) is 25.6 Å². The lowest BCUT2D eigenvalue weighted by Crippen LogP contribution is -2.43. The lowest BCUT2D eigenvalue weighted by atomic mass is 10.2. The third-order valence-corrected chi connectivity index (χ3v) is 4.35. The summed E-state index contributed by atoms with van der Waals surface area (Å²) >= 11 is 1.16. The van der Waals surface area contributed by atoms with Crippen molar-refractivity contribution in [3.63, 3.8) is 0 Å². The molecular formula is C16H22N6O3S. The summed E-state index contributed by atoms with van der Waals surface area (Å²) in [5, 5.41) is 16.4. The number of benzene rings is 1. The van der Waals surface area contributed by atoms with Crippen LogP contribution in [0.1, 0.15) is 20.8 Å². The van der Waals surface area contributed by atoms with Gasteiger partial charge >= 0.3 is 6.03 Å². The molecule has 26 heavy (non-hydrogen) atoms. The van der Waals surface area contributed by atoms with Crippen molar-refractivity contribution in [3.05, 3.63) is 24.3 Å². The van der Waals surface area contributed by atoms with Gasteiger partial charge in [0.15, 0.2) is 0 Å². The Labute approximate surface area is 155 Å². The Morgan fingerprint density at radius 3 is 2.54 bits per heavy atom. The molecule has 140 valence electrons. The first-order valence-corrected chi connectivity index (χ1v) is 8.96. The average molecular weight is 378 g/mol. The van der Waals surface area contributed by atoms with Crippen LogP contribution in [0.15, 0.2) is 29.4 Å². The minimum absolute atomic E-state index is 0.303. The van der Waals surface area contributed by atoms with Crippen LogP contribution in [0.25, 0.3) is 5.69 Å². The van der Waals surface area contributed by atoms with E-state index in [1.54, 1.807) is 26.2 Å². The van der Waals surface area contributed by atoms with Gasteiger partial charge in [-0.15, -0.1) is 5.10 Å². The fraction of sp³-hybridized carbons (Fsp3) is 0.438. The summed E-state index contributed by atoms with van der Waals surface area (Å²) < 4.78 is 6.65. The van der Waals surface area contributed by atoms with Crippen LogP contribution in [0.5, 0.6) is 5.75 Å². The molecule has 0 bridgehead atoms. The van der Waals surface area contributed by atoms with Crippen LogP contribution in [0.2, 0.25) is 0 Å². The van der Waals surface area contributed by atoms with E-state index < -0.39 is 17.2 Å². The Kier molecular flexibility index (Phi) is 6.96. The summed E-state index contributed by atoms with van der Waals surface area (Å²) in [4.78, 5) is 23.9. The minimum Gasteiger partial charge on any atom is -0.497 e. The van der Waals surface area contributed by atoms with E-state index in [1.165, 1.54) is 4.68 Å². The number of ether oxygens (including phenoxy) is 1. The van der Waals surface area contributed by atoms with E-state index in [0.717, 1.165) is 23.2 Å². The molecule has 1 aromatic carbocycles. The summed E-state index contributed by atoms with van der Waals surface area (Å²) in [5.41, 5.74) is 0.737. The molecule has 1 heterocycles. The van der Waals surface area contributed by atoms with E-state index in [2.05, 4.69) is 26.2 Å². The number of carbonyl (C=O) groups is 2. The molecule has 2 rings (SSSR count). The van der Waals surface area contributed by atoms with Crippen LogP contribution in [-0.4, -0.2) is 51.1 Å². The number of nitrogens with one attached hydrogen (secondary N) is 2. The molecular weight excluding hydrogens is 356 g/mol. The molecule has 9 nitrogen and oxygen atoms in total. The topological polar surface area (TPSA) is 111 Å². The number of carbonyl (C=O) groups excluding carboxylic acids is 2. The van der Waals surface area contributed by atoms with Crippen LogP contribution in [0.3, 0.4) is 0 Å². The molecule has 0 aliphatic rings. The Morgan fingerprint density at radius 2 is 1.92 bits per heavy atom. The predicted molar refractivity (Wildman–Crippen MR) is 97.4 cm³/mol. The molecule has 1 aromatic heterocycles. The normalized spacial score (nSPS) is 11.9. The first-order valence-electron chi connectivity index (χ1n) is 8.09. The highest BCUT2D eigenvalue weighted by molar-refractivity contribution is 8.00. The van der Waals surface area contributed by atoms with Gasteiger partial charge in [-0.2, -0.15) is 4.68 Å². The summed E-state index contributed by atoms with van der Waals surface area (Å²) in [7, 11) is 1.59. The van der Waals surface area contributed by atoms with Gasteiger partial charge in [0.05, 0.1) is 18.0 Å². The third-order valence-electron chi connectivity index (χ3n) is 3.32. The highest BCUT2D eigenvalue weighted by Crippen LogP contribution is 2.23. The zero-order valence-electron chi connectivity index (χ0n) is 15.1. The minimum atomic E-state index is -0.553. The van der Waals surface area contributed by atoms with Crippen molar-refractivity contribution in [1.29, 1.82) is 0 Å². The Bertz CT molecular complexity index is 747. The number of urea groups is 1. The van der Waals surface area contributed by atoms with Crippen molar-refractivity contribution in [1.82, 2.24) is 30.8 Å². The predicted octanol–water partition coefficient (Wildman–Crippen LogP) is 1.63. The third kappa shape index (κ3) is 5.45. The van der Waals surface area contributed by atoms with Gasteiger partial charge in [-0.25, -0.2) is 4.79 Å². The first-order chi connectivity index (χ1) is 12.4. The maximum absolute atomic E-state index is 12.2. The van der Waals surface area contributed by atoms with E-state index in [1.807, 2.05) is 26.0 Å².